The predicted octanol–water partition coefficient (Wildman–Crippen LogP) is 3.84. The highest BCUT2D eigenvalue weighted by atomic mass is 35.5. The van der Waals surface area contributed by atoms with Gasteiger partial charge in [0.1, 0.15) is 22.8 Å². The van der Waals surface area contributed by atoms with E-state index in [2.05, 4.69) is 27.2 Å². The lowest BCUT2D eigenvalue weighted by atomic mass is 9.99. The molecule has 3 rings (SSSR count). The summed E-state index contributed by atoms with van der Waals surface area (Å²) in [7, 11) is 2.98. The van der Waals surface area contributed by atoms with Gasteiger partial charge in [0.25, 0.3) is 5.91 Å². The van der Waals surface area contributed by atoms with Gasteiger partial charge in [0.05, 0.1) is 35.3 Å². The molecular formula is C21H19Cl2N5O3. The van der Waals surface area contributed by atoms with Crippen molar-refractivity contribution in [2.45, 2.75) is 0 Å². The van der Waals surface area contributed by atoms with Crippen molar-refractivity contribution in [2.75, 3.05) is 14.2 Å². The second kappa shape index (κ2) is 9.55. The Kier molecular flexibility index (Phi) is 6.84. The van der Waals surface area contributed by atoms with Crippen LogP contribution in [-0.4, -0.2) is 30.1 Å². The third-order valence-corrected chi connectivity index (χ3v) is 5.14. The van der Waals surface area contributed by atoms with Gasteiger partial charge in [-0.05, 0) is 12.3 Å². The molecule has 1 heterocycles. The number of ether oxygens (including phenoxy) is 2. The van der Waals surface area contributed by atoms with Crippen LogP contribution in [0, 0.1) is 0 Å². The Labute approximate surface area is 188 Å². The quantitative estimate of drug-likeness (QED) is 0.491. The second-order valence-corrected chi connectivity index (χ2v) is 6.84. The maximum Gasteiger partial charge on any atom is 0.259 e. The van der Waals surface area contributed by atoms with Crippen molar-refractivity contribution in [3.63, 3.8) is 0 Å². The van der Waals surface area contributed by atoms with Crippen LogP contribution in [0.2, 0.25) is 10.0 Å². The lowest BCUT2D eigenvalue weighted by molar-refractivity contribution is 0.0965. The largest absolute Gasteiger partial charge is 0.495 e. The smallest absolute Gasteiger partial charge is 0.259 e. The van der Waals surface area contributed by atoms with E-state index in [4.69, 9.17) is 38.4 Å². The summed E-state index contributed by atoms with van der Waals surface area (Å²) in [5, 5.41) is 5.93. The lowest BCUT2D eigenvalue weighted by Gasteiger charge is -2.16. The van der Waals surface area contributed by atoms with Gasteiger partial charge in [-0.2, -0.15) is 0 Å². The van der Waals surface area contributed by atoms with Crippen molar-refractivity contribution in [2.24, 2.45) is 5.73 Å². The number of hydrogen-bond donors (Lipinski definition) is 3. The summed E-state index contributed by atoms with van der Waals surface area (Å²) in [5.41, 5.74) is 7.58. The molecule has 0 radical (unpaired) electrons. The van der Waals surface area contributed by atoms with Gasteiger partial charge in [-0.15, -0.1) is 0 Å². The molecule has 3 aromatic rings. The molecular weight excluding hydrogens is 441 g/mol. The van der Waals surface area contributed by atoms with E-state index in [1.165, 1.54) is 39.0 Å². The fraction of sp³-hybridized carbons (Fsp3) is 0.0952. The lowest BCUT2D eigenvalue weighted by Crippen LogP contribution is -2.30. The van der Waals surface area contributed by atoms with Crippen molar-refractivity contribution in [1.82, 2.24) is 20.6 Å². The number of rotatable bonds is 7. The van der Waals surface area contributed by atoms with Gasteiger partial charge in [0.2, 0.25) is 0 Å². The van der Waals surface area contributed by atoms with E-state index >= 15 is 0 Å². The number of benzene rings is 2. The third-order valence-electron chi connectivity index (χ3n) is 4.39. The van der Waals surface area contributed by atoms with Gasteiger partial charge in [-0.3, -0.25) is 14.8 Å². The molecule has 0 bridgehead atoms. The highest BCUT2D eigenvalue weighted by molar-refractivity contribution is 6.41. The summed E-state index contributed by atoms with van der Waals surface area (Å²) in [6.45, 7) is 3.54. The van der Waals surface area contributed by atoms with Crippen LogP contribution in [0.25, 0.3) is 22.2 Å². The van der Waals surface area contributed by atoms with Gasteiger partial charge in [-0.25, -0.2) is 0 Å². The number of methoxy groups -OCH3 is 2. The van der Waals surface area contributed by atoms with Crippen LogP contribution in [0.4, 0.5) is 0 Å². The van der Waals surface area contributed by atoms with Crippen molar-refractivity contribution < 1.29 is 14.3 Å². The maximum absolute atomic E-state index is 12.8. The summed E-state index contributed by atoms with van der Waals surface area (Å²) in [6, 6.07) is 4.88. The molecule has 8 nitrogen and oxygen atoms in total. The number of nitrogens with zero attached hydrogens (tertiary/aromatic N) is 2. The fourth-order valence-corrected chi connectivity index (χ4v) is 3.69. The molecule has 0 aliphatic rings. The monoisotopic (exact) mass is 459 g/mol. The molecule has 0 atom stereocenters. The zero-order valence-electron chi connectivity index (χ0n) is 16.7. The van der Waals surface area contributed by atoms with Crippen molar-refractivity contribution in [3.8, 4) is 22.6 Å². The molecule has 0 fully saturated rings. The minimum absolute atomic E-state index is 0.268. The molecule has 0 saturated heterocycles. The highest BCUT2D eigenvalue weighted by Gasteiger charge is 2.23. The molecule has 31 heavy (non-hydrogen) atoms. The normalized spacial score (nSPS) is 11.2. The fourth-order valence-electron chi connectivity index (χ4n) is 2.99. The molecule has 0 unspecified atom stereocenters. The number of nitrogens with two attached hydrogens (primary N) is 1. The number of aromatic nitrogens is 2. The zero-order valence-corrected chi connectivity index (χ0v) is 18.2. The Morgan fingerprint density at radius 1 is 1.10 bits per heavy atom. The standard InChI is InChI=1S/C21H19Cl2N5O3/c1-4-25-15(10-24)28-21(29)12-6-5-11(19-20(12)27-8-7-26-19)16-17(22)13(30-2)9-14(31-3)18(16)23/h4-10,25H,1,24H2,2-3H3,(H,28,29)/b15-10+. The number of fused-ring (bicyclic) bond motifs is 1. The maximum atomic E-state index is 12.8. The van der Waals surface area contributed by atoms with Gasteiger partial charge in [0, 0.05) is 35.8 Å². The molecule has 4 N–H and O–H groups in total. The van der Waals surface area contributed by atoms with Crippen LogP contribution in [0.1, 0.15) is 10.4 Å². The first kappa shape index (κ1) is 22.2. The van der Waals surface area contributed by atoms with Crippen LogP contribution in [0.3, 0.4) is 0 Å². The molecule has 2 aromatic carbocycles. The first-order valence-electron chi connectivity index (χ1n) is 8.91. The van der Waals surface area contributed by atoms with Gasteiger partial charge in [-0.1, -0.05) is 35.8 Å². The molecule has 0 aliphatic carbocycles. The third kappa shape index (κ3) is 4.21. The molecule has 0 saturated carbocycles. The molecule has 160 valence electrons. The molecule has 0 spiro atoms. The number of nitrogens with one attached hydrogen (secondary N) is 2. The number of carbonyl (C=O) groups excluding carboxylic acids is 1. The zero-order chi connectivity index (χ0) is 22.5. The molecule has 1 amide bonds. The average Bonchev–Trinajstić information content (AvgIpc) is 2.79. The summed E-state index contributed by atoms with van der Waals surface area (Å²) < 4.78 is 10.7. The Balaban J connectivity index is 2.22. The Morgan fingerprint density at radius 2 is 1.71 bits per heavy atom. The predicted molar refractivity (Wildman–Crippen MR) is 121 cm³/mol. The molecule has 10 heteroatoms. The first-order chi connectivity index (χ1) is 15.0. The van der Waals surface area contributed by atoms with Crippen LogP contribution in [0.15, 0.2) is 55.4 Å². The van der Waals surface area contributed by atoms with Crippen LogP contribution in [0.5, 0.6) is 11.5 Å². The number of amides is 1. The number of hydrogen-bond acceptors (Lipinski definition) is 7. The highest BCUT2D eigenvalue weighted by Crippen LogP contribution is 2.47. The molecule has 0 aliphatic heterocycles. The topological polar surface area (TPSA) is 111 Å². The minimum Gasteiger partial charge on any atom is -0.495 e. The minimum atomic E-state index is -0.441. The Hall–Kier alpha value is -3.49. The average molecular weight is 460 g/mol. The van der Waals surface area contributed by atoms with E-state index in [0.717, 1.165) is 0 Å². The van der Waals surface area contributed by atoms with E-state index < -0.39 is 5.91 Å². The van der Waals surface area contributed by atoms with Gasteiger partial charge < -0.3 is 25.8 Å². The van der Waals surface area contributed by atoms with E-state index in [0.29, 0.717) is 33.7 Å². The van der Waals surface area contributed by atoms with Gasteiger partial charge >= 0.3 is 0 Å². The van der Waals surface area contributed by atoms with Gasteiger partial charge in [0.15, 0.2) is 0 Å². The summed E-state index contributed by atoms with van der Waals surface area (Å²) in [6.07, 6.45) is 5.60. The van der Waals surface area contributed by atoms with E-state index in [9.17, 15) is 4.79 Å². The summed E-state index contributed by atoms with van der Waals surface area (Å²) >= 11 is 13.1. The summed E-state index contributed by atoms with van der Waals surface area (Å²) in [4.78, 5) is 21.6. The van der Waals surface area contributed by atoms with Crippen molar-refractivity contribution in [1.29, 1.82) is 0 Å². The van der Waals surface area contributed by atoms with Crippen LogP contribution < -0.4 is 25.8 Å². The van der Waals surface area contributed by atoms with Crippen LogP contribution >= 0.6 is 23.2 Å². The van der Waals surface area contributed by atoms with Crippen molar-refractivity contribution in [3.05, 3.63) is 71.0 Å². The van der Waals surface area contributed by atoms with E-state index in [1.807, 2.05) is 0 Å². The first-order valence-corrected chi connectivity index (χ1v) is 9.67. The Bertz CT molecular complexity index is 1170. The summed E-state index contributed by atoms with van der Waals surface area (Å²) in [5.74, 6) is 0.586. The van der Waals surface area contributed by atoms with Crippen molar-refractivity contribution >= 4 is 40.1 Å². The van der Waals surface area contributed by atoms with E-state index in [1.54, 1.807) is 18.2 Å². The number of halogens is 2. The van der Waals surface area contributed by atoms with Crippen LogP contribution in [-0.2, 0) is 0 Å². The second-order valence-electron chi connectivity index (χ2n) is 6.08. The Morgan fingerprint density at radius 3 is 2.26 bits per heavy atom. The molecule has 1 aromatic heterocycles. The number of carbonyl (C=O) groups is 1. The van der Waals surface area contributed by atoms with E-state index in [-0.39, 0.29) is 21.4 Å². The SMILES string of the molecule is C=CN/C(=C\N)NC(=O)c1ccc(-c2c(Cl)c(OC)cc(OC)c2Cl)c2nccnc12.